The van der Waals surface area contributed by atoms with Gasteiger partial charge in [0, 0.05) is 23.8 Å². The second-order valence-electron chi connectivity index (χ2n) is 4.45. The second kappa shape index (κ2) is 6.10. The summed E-state index contributed by atoms with van der Waals surface area (Å²) >= 11 is 1.47. The van der Waals surface area contributed by atoms with Gasteiger partial charge in [0.25, 0.3) is 5.91 Å². The fourth-order valence-corrected chi connectivity index (χ4v) is 4.98. The predicted octanol–water partition coefficient (Wildman–Crippen LogP) is 0.928. The van der Waals surface area contributed by atoms with Gasteiger partial charge >= 0.3 is 5.97 Å². The Balaban J connectivity index is 2.28. The molecule has 1 saturated heterocycles. The van der Waals surface area contributed by atoms with Gasteiger partial charge in [0.15, 0.2) is 15.6 Å². The number of furan rings is 1. The number of sulfone groups is 1. The summed E-state index contributed by atoms with van der Waals surface area (Å²) < 4.78 is 29.1. The van der Waals surface area contributed by atoms with E-state index in [1.165, 1.54) is 35.7 Å². The Morgan fingerprint density at radius 1 is 1.43 bits per heavy atom. The highest BCUT2D eigenvalue weighted by molar-refractivity contribution is 8.01. The van der Waals surface area contributed by atoms with Crippen molar-refractivity contribution in [1.29, 1.82) is 0 Å². The molecule has 1 amide bonds. The van der Waals surface area contributed by atoms with Crippen molar-refractivity contribution in [3.63, 3.8) is 0 Å². The van der Waals surface area contributed by atoms with E-state index in [1.54, 1.807) is 0 Å². The number of thioether (sulfide) groups is 1. The number of carbonyl (C=O) groups is 2. The summed E-state index contributed by atoms with van der Waals surface area (Å²) in [5, 5.41) is 7.90. The molecule has 0 spiro atoms. The molecule has 116 valence electrons. The predicted molar refractivity (Wildman–Crippen MR) is 77.3 cm³/mol. The number of carbonyl (C=O) groups excluding carboxylic acids is 1. The fraction of sp³-hybridized carbons (Fsp3) is 0.500. The molecule has 1 unspecified atom stereocenters. The van der Waals surface area contributed by atoms with Crippen LogP contribution in [-0.4, -0.2) is 59.5 Å². The van der Waals surface area contributed by atoms with Crippen molar-refractivity contribution in [1.82, 2.24) is 4.90 Å². The third-order valence-corrected chi connectivity index (χ3v) is 6.48. The number of hydrogen-bond acceptors (Lipinski definition) is 6. The van der Waals surface area contributed by atoms with E-state index in [-0.39, 0.29) is 23.8 Å². The lowest BCUT2D eigenvalue weighted by Gasteiger charge is -2.34. The monoisotopic (exact) mass is 333 g/mol. The number of amides is 1. The number of aromatic carboxylic acids is 1. The average molecular weight is 333 g/mol. The van der Waals surface area contributed by atoms with Crippen molar-refractivity contribution < 1.29 is 27.5 Å². The Hall–Kier alpha value is -1.48. The van der Waals surface area contributed by atoms with Gasteiger partial charge < -0.3 is 14.4 Å². The Kier molecular flexibility index (Phi) is 4.62. The van der Waals surface area contributed by atoms with Gasteiger partial charge in [0.1, 0.15) is 5.37 Å². The van der Waals surface area contributed by atoms with Gasteiger partial charge in [-0.15, -0.1) is 0 Å². The zero-order chi connectivity index (χ0) is 15.6. The van der Waals surface area contributed by atoms with Gasteiger partial charge in [0.2, 0.25) is 5.76 Å². The van der Waals surface area contributed by atoms with Crippen molar-refractivity contribution >= 4 is 33.5 Å². The molecule has 9 heteroatoms. The third-order valence-electron chi connectivity index (χ3n) is 3.19. The maximum absolute atomic E-state index is 12.4. The van der Waals surface area contributed by atoms with Gasteiger partial charge in [-0.05, 0) is 12.1 Å². The Labute approximate surface area is 126 Å². The molecule has 2 rings (SSSR count). The van der Waals surface area contributed by atoms with Gasteiger partial charge in [-0.25, -0.2) is 13.2 Å². The van der Waals surface area contributed by atoms with Crippen molar-refractivity contribution in [2.45, 2.75) is 12.3 Å². The number of nitrogens with zero attached hydrogens (tertiary/aromatic N) is 1. The van der Waals surface area contributed by atoms with Crippen LogP contribution in [0.15, 0.2) is 16.5 Å². The summed E-state index contributed by atoms with van der Waals surface area (Å²) in [4.78, 5) is 24.4. The van der Waals surface area contributed by atoms with E-state index < -0.39 is 27.1 Å². The van der Waals surface area contributed by atoms with E-state index >= 15 is 0 Å². The molecule has 1 aromatic rings. The quantitative estimate of drug-likeness (QED) is 0.873. The van der Waals surface area contributed by atoms with Crippen LogP contribution in [0.4, 0.5) is 0 Å². The van der Waals surface area contributed by atoms with Crippen LogP contribution in [0.2, 0.25) is 0 Å². The molecule has 2 heterocycles. The first-order chi connectivity index (χ1) is 9.86. The summed E-state index contributed by atoms with van der Waals surface area (Å²) in [7, 11) is -3.41. The molecule has 0 bridgehead atoms. The minimum absolute atomic E-state index is 0.0550. The van der Waals surface area contributed by atoms with E-state index in [0.717, 1.165) is 0 Å². The lowest BCUT2D eigenvalue weighted by Crippen LogP contribution is -2.50. The molecule has 1 aliphatic heterocycles. The second-order valence-corrected chi connectivity index (χ2v) is 8.05. The standard InChI is InChI=1S/C12H15NO6S2/c1-2-21(17,18)10-7-20-6-5-13(10)11(14)8-3-4-9(19-8)12(15)16/h3-4,10H,2,5-7H2,1H3,(H,15,16). The van der Waals surface area contributed by atoms with Crippen LogP contribution in [0.5, 0.6) is 0 Å². The zero-order valence-corrected chi connectivity index (χ0v) is 12.9. The Morgan fingerprint density at radius 3 is 2.67 bits per heavy atom. The third kappa shape index (κ3) is 3.24. The maximum Gasteiger partial charge on any atom is 0.371 e. The van der Waals surface area contributed by atoms with Crippen molar-refractivity contribution in [3.05, 3.63) is 23.7 Å². The molecule has 1 fully saturated rings. The highest BCUT2D eigenvalue weighted by Gasteiger charge is 2.37. The van der Waals surface area contributed by atoms with Crippen LogP contribution in [0.25, 0.3) is 0 Å². The lowest BCUT2D eigenvalue weighted by atomic mass is 10.3. The zero-order valence-electron chi connectivity index (χ0n) is 11.3. The van der Waals surface area contributed by atoms with Crippen LogP contribution < -0.4 is 0 Å². The van der Waals surface area contributed by atoms with Crippen LogP contribution in [-0.2, 0) is 9.84 Å². The molecule has 0 aliphatic carbocycles. The minimum atomic E-state index is -3.41. The molecule has 1 aromatic heterocycles. The molecule has 1 N–H and O–H groups in total. The summed E-state index contributed by atoms with van der Waals surface area (Å²) in [5.41, 5.74) is 0. The summed E-state index contributed by atoms with van der Waals surface area (Å²) in [6.45, 7) is 1.82. The van der Waals surface area contributed by atoms with Gasteiger partial charge in [-0.3, -0.25) is 4.79 Å². The molecule has 0 radical (unpaired) electrons. The SMILES string of the molecule is CCS(=O)(=O)C1CSCCN1C(=O)c1ccc(C(=O)O)o1. The molecule has 7 nitrogen and oxygen atoms in total. The van der Waals surface area contributed by atoms with Crippen LogP contribution in [0.3, 0.4) is 0 Å². The van der Waals surface area contributed by atoms with E-state index in [4.69, 9.17) is 9.52 Å². The van der Waals surface area contributed by atoms with Gasteiger partial charge in [-0.1, -0.05) is 6.92 Å². The number of rotatable bonds is 4. The van der Waals surface area contributed by atoms with Crippen molar-refractivity contribution in [3.8, 4) is 0 Å². The van der Waals surface area contributed by atoms with Crippen LogP contribution >= 0.6 is 11.8 Å². The normalized spacial score (nSPS) is 19.5. The number of carboxylic acids is 1. The smallest absolute Gasteiger partial charge is 0.371 e. The summed E-state index contributed by atoms with van der Waals surface area (Å²) in [5.74, 6) is -1.48. The Morgan fingerprint density at radius 2 is 2.10 bits per heavy atom. The first kappa shape index (κ1) is 15.9. The van der Waals surface area contributed by atoms with E-state index in [9.17, 15) is 18.0 Å². The number of carboxylic acid groups (broad SMARTS) is 1. The average Bonchev–Trinajstić information content (AvgIpc) is 2.96. The van der Waals surface area contributed by atoms with Crippen LogP contribution in [0.1, 0.15) is 28.0 Å². The summed E-state index contributed by atoms with van der Waals surface area (Å²) in [6.07, 6.45) is 0. The fourth-order valence-electron chi connectivity index (χ4n) is 2.01. The van der Waals surface area contributed by atoms with Crippen molar-refractivity contribution in [2.75, 3.05) is 23.8 Å². The lowest BCUT2D eigenvalue weighted by molar-refractivity contribution is 0.0648. The highest BCUT2D eigenvalue weighted by Crippen LogP contribution is 2.24. The van der Waals surface area contributed by atoms with Gasteiger partial charge in [0.05, 0.1) is 0 Å². The highest BCUT2D eigenvalue weighted by atomic mass is 32.2. The van der Waals surface area contributed by atoms with Crippen LogP contribution in [0, 0.1) is 0 Å². The molecular weight excluding hydrogens is 318 g/mol. The Bertz CT molecular complexity index is 650. The molecule has 1 aliphatic rings. The molecular formula is C12H15NO6S2. The van der Waals surface area contributed by atoms with E-state index in [1.807, 2.05) is 0 Å². The minimum Gasteiger partial charge on any atom is -0.475 e. The van der Waals surface area contributed by atoms with Gasteiger partial charge in [-0.2, -0.15) is 11.8 Å². The maximum atomic E-state index is 12.4. The van der Waals surface area contributed by atoms with Crippen molar-refractivity contribution in [2.24, 2.45) is 0 Å². The molecule has 1 atom stereocenters. The first-order valence-electron chi connectivity index (χ1n) is 6.30. The summed E-state index contributed by atoms with van der Waals surface area (Å²) in [6, 6.07) is 2.43. The van der Waals surface area contributed by atoms with E-state index in [0.29, 0.717) is 11.5 Å². The largest absolute Gasteiger partial charge is 0.475 e. The molecule has 0 saturated carbocycles. The topological polar surface area (TPSA) is 105 Å². The van der Waals surface area contributed by atoms with E-state index in [2.05, 4.69) is 0 Å². The first-order valence-corrected chi connectivity index (χ1v) is 9.17. The molecule has 0 aromatic carbocycles. The number of hydrogen-bond donors (Lipinski definition) is 1. The molecule has 21 heavy (non-hydrogen) atoms.